The summed E-state index contributed by atoms with van der Waals surface area (Å²) in [6.07, 6.45) is 1.90. The lowest BCUT2D eigenvalue weighted by atomic mass is 10.1. The van der Waals surface area contributed by atoms with Crippen molar-refractivity contribution in [2.75, 3.05) is 44.1 Å². The fourth-order valence-electron chi connectivity index (χ4n) is 5.05. The van der Waals surface area contributed by atoms with Gasteiger partial charge in [-0.3, -0.25) is 14.4 Å². The van der Waals surface area contributed by atoms with E-state index >= 15 is 0 Å². The summed E-state index contributed by atoms with van der Waals surface area (Å²) < 4.78 is 17.5. The number of hydrogen-bond acceptors (Lipinski definition) is 9. The van der Waals surface area contributed by atoms with Gasteiger partial charge in [0.2, 0.25) is 0 Å². The molecular weight excluding hydrogens is 679 g/mol. The Morgan fingerprint density at radius 1 is 1.08 bits per heavy atom. The van der Waals surface area contributed by atoms with Crippen LogP contribution in [0.2, 0.25) is 10.0 Å². The maximum Gasteiger partial charge on any atom is 0.414 e. The summed E-state index contributed by atoms with van der Waals surface area (Å²) in [5.41, 5.74) is 4.43. The number of thioether (sulfide) groups is 1. The van der Waals surface area contributed by atoms with Crippen LogP contribution in [0.15, 0.2) is 71.9 Å². The molecule has 1 aromatic heterocycles. The number of aromatic nitrogens is 2. The van der Waals surface area contributed by atoms with Crippen molar-refractivity contribution in [3.63, 3.8) is 0 Å². The summed E-state index contributed by atoms with van der Waals surface area (Å²) >= 11 is 14.3. The number of esters is 1. The van der Waals surface area contributed by atoms with Crippen LogP contribution in [-0.2, 0) is 20.8 Å². The molecule has 4 aromatic rings. The maximum absolute atomic E-state index is 13.1. The zero-order valence-corrected chi connectivity index (χ0v) is 28.6. The van der Waals surface area contributed by atoms with Gasteiger partial charge in [-0.05, 0) is 48.9 Å². The van der Waals surface area contributed by atoms with Gasteiger partial charge in [-0.25, -0.2) is 9.59 Å². The number of carbonyl (C=O) groups excluding carboxylic acids is 3. The standard InChI is InChI=1S/C34H34Cl2N4O7S/c1-21-26(35)6-4-8-30(21)46-14-15-47-34(44)40-13-16-48-31-25(5-3-7-28(31)40)24-18-38-39(20-24)19-23-17-22(9-10-27(23)36)32(42)37-12-11-29(41)33(43)45-2/h3-10,17-18,20,29,41H,11-16,19H2,1-2H3,(H,37,42). The largest absolute Gasteiger partial charge is 0.490 e. The molecule has 0 saturated heterocycles. The number of nitrogens with one attached hydrogen (secondary N) is 1. The number of halogens is 2. The van der Waals surface area contributed by atoms with Gasteiger partial charge in [0.15, 0.2) is 6.10 Å². The second-order valence-electron chi connectivity index (χ2n) is 10.8. The summed E-state index contributed by atoms with van der Waals surface area (Å²) in [5.74, 6) is 0.214. The van der Waals surface area contributed by atoms with E-state index in [0.717, 1.165) is 27.3 Å². The molecule has 1 aliphatic rings. The van der Waals surface area contributed by atoms with Gasteiger partial charge in [0.1, 0.15) is 19.0 Å². The van der Waals surface area contributed by atoms with Crippen LogP contribution in [0.5, 0.6) is 5.75 Å². The van der Waals surface area contributed by atoms with Crippen LogP contribution in [0, 0.1) is 6.92 Å². The predicted octanol–water partition coefficient (Wildman–Crippen LogP) is 6.00. The fourth-order valence-corrected chi connectivity index (χ4v) is 6.54. The van der Waals surface area contributed by atoms with Gasteiger partial charge < -0.3 is 24.6 Å². The topological polar surface area (TPSA) is 132 Å². The van der Waals surface area contributed by atoms with Gasteiger partial charge in [-0.2, -0.15) is 5.10 Å². The van der Waals surface area contributed by atoms with E-state index in [0.29, 0.717) is 45.8 Å². The molecule has 1 atom stereocenters. The minimum Gasteiger partial charge on any atom is -0.490 e. The van der Waals surface area contributed by atoms with Crippen molar-refractivity contribution in [1.82, 2.24) is 15.1 Å². The van der Waals surface area contributed by atoms with Crippen molar-refractivity contribution in [3.8, 4) is 16.9 Å². The van der Waals surface area contributed by atoms with Crippen molar-refractivity contribution >= 4 is 58.6 Å². The summed E-state index contributed by atoms with van der Waals surface area (Å²) in [6.45, 7) is 3.04. The van der Waals surface area contributed by atoms with Crippen molar-refractivity contribution in [2.24, 2.45) is 0 Å². The minimum atomic E-state index is -1.31. The number of hydrogen-bond donors (Lipinski definition) is 2. The number of carbonyl (C=O) groups is 3. The van der Waals surface area contributed by atoms with Crippen molar-refractivity contribution in [3.05, 3.63) is 93.7 Å². The summed E-state index contributed by atoms with van der Waals surface area (Å²) in [7, 11) is 1.19. The van der Waals surface area contributed by atoms with E-state index in [-0.39, 0.29) is 32.1 Å². The first kappa shape index (κ1) is 35.1. The third-order valence-electron chi connectivity index (χ3n) is 7.61. The Hall–Kier alpha value is -4.23. The molecule has 252 valence electrons. The normalized spacial score (nSPS) is 13.0. The van der Waals surface area contributed by atoms with Crippen LogP contribution >= 0.6 is 35.0 Å². The van der Waals surface area contributed by atoms with Gasteiger partial charge in [-0.1, -0.05) is 41.4 Å². The zero-order chi connectivity index (χ0) is 34.2. The highest BCUT2D eigenvalue weighted by molar-refractivity contribution is 7.99. The molecule has 1 aliphatic heterocycles. The molecule has 0 fully saturated rings. The third-order valence-corrected chi connectivity index (χ3v) is 9.49. The molecule has 0 radical (unpaired) electrons. The maximum atomic E-state index is 13.1. The Bertz CT molecular complexity index is 1800. The Balaban J connectivity index is 1.22. The fraction of sp³-hybridized carbons (Fsp3) is 0.294. The van der Waals surface area contributed by atoms with Gasteiger partial charge >= 0.3 is 12.1 Å². The lowest BCUT2D eigenvalue weighted by Crippen LogP contribution is -2.36. The number of rotatable bonds is 12. The molecule has 3 aromatic carbocycles. The van der Waals surface area contributed by atoms with E-state index in [1.165, 1.54) is 7.11 Å². The number of benzene rings is 3. The number of amides is 2. The summed E-state index contributed by atoms with van der Waals surface area (Å²) in [4.78, 5) is 39.8. The van der Waals surface area contributed by atoms with E-state index in [9.17, 15) is 19.5 Å². The lowest BCUT2D eigenvalue weighted by Gasteiger charge is -2.29. The molecule has 0 aliphatic carbocycles. The van der Waals surface area contributed by atoms with Crippen LogP contribution in [0.1, 0.15) is 27.9 Å². The Kier molecular flexibility index (Phi) is 11.9. The Morgan fingerprint density at radius 3 is 2.71 bits per heavy atom. The number of fused-ring (bicyclic) bond motifs is 1. The highest BCUT2D eigenvalue weighted by Crippen LogP contribution is 2.42. The molecular formula is C34H34Cl2N4O7S. The number of anilines is 1. The first-order chi connectivity index (χ1) is 23.2. The second kappa shape index (κ2) is 16.2. The van der Waals surface area contributed by atoms with Gasteiger partial charge in [0.05, 0.1) is 25.5 Å². The monoisotopic (exact) mass is 712 g/mol. The Labute approximate surface area is 292 Å². The van der Waals surface area contributed by atoms with Gasteiger partial charge in [-0.15, -0.1) is 11.8 Å². The number of nitrogens with zero attached hydrogens (tertiary/aromatic N) is 3. The van der Waals surface area contributed by atoms with Crippen LogP contribution in [-0.4, -0.2) is 78.1 Å². The number of aliphatic hydroxyl groups is 1. The molecule has 11 nitrogen and oxygen atoms in total. The van der Waals surface area contributed by atoms with E-state index < -0.39 is 18.2 Å². The first-order valence-corrected chi connectivity index (χ1v) is 16.8. The van der Waals surface area contributed by atoms with Crippen LogP contribution < -0.4 is 15.0 Å². The third kappa shape index (κ3) is 8.43. The average Bonchev–Trinajstić information content (AvgIpc) is 3.56. The molecule has 2 heterocycles. The number of ether oxygens (including phenoxy) is 3. The van der Waals surface area contributed by atoms with E-state index in [4.69, 9.17) is 32.7 Å². The second-order valence-corrected chi connectivity index (χ2v) is 12.7. The molecule has 5 rings (SSSR count). The Morgan fingerprint density at radius 2 is 1.90 bits per heavy atom. The van der Waals surface area contributed by atoms with E-state index in [2.05, 4.69) is 15.2 Å². The summed E-state index contributed by atoms with van der Waals surface area (Å²) in [6, 6.07) is 16.1. The molecule has 48 heavy (non-hydrogen) atoms. The molecule has 2 N–H and O–H groups in total. The molecule has 2 amide bonds. The van der Waals surface area contributed by atoms with Gasteiger partial charge in [0, 0.05) is 68.7 Å². The van der Waals surface area contributed by atoms with Crippen molar-refractivity contribution in [2.45, 2.75) is 30.9 Å². The van der Waals surface area contributed by atoms with Crippen LogP contribution in [0.4, 0.5) is 10.5 Å². The predicted molar refractivity (Wildman–Crippen MR) is 184 cm³/mol. The van der Waals surface area contributed by atoms with E-state index in [1.807, 2.05) is 43.5 Å². The van der Waals surface area contributed by atoms with Crippen LogP contribution in [0.25, 0.3) is 11.1 Å². The minimum absolute atomic E-state index is 0.0227. The highest BCUT2D eigenvalue weighted by Gasteiger charge is 2.27. The smallest absolute Gasteiger partial charge is 0.414 e. The number of methoxy groups -OCH3 is 1. The van der Waals surface area contributed by atoms with Crippen LogP contribution in [0.3, 0.4) is 0 Å². The highest BCUT2D eigenvalue weighted by atomic mass is 35.5. The van der Waals surface area contributed by atoms with Crippen molar-refractivity contribution in [1.29, 1.82) is 0 Å². The zero-order valence-electron chi connectivity index (χ0n) is 26.3. The molecule has 14 heteroatoms. The SMILES string of the molecule is COC(=O)C(O)CCNC(=O)c1ccc(Cl)c(Cn2cc(-c3cccc4c3SCCN4C(=O)OCCOc3cccc(Cl)c3C)cn2)c1. The first-order valence-electron chi connectivity index (χ1n) is 15.1. The molecule has 1 unspecified atom stereocenters. The molecule has 0 saturated carbocycles. The lowest BCUT2D eigenvalue weighted by molar-refractivity contribution is -0.150. The average molecular weight is 714 g/mol. The quantitative estimate of drug-likeness (QED) is 0.134. The molecule has 0 bridgehead atoms. The van der Waals surface area contributed by atoms with Gasteiger partial charge in [0.25, 0.3) is 5.91 Å². The molecule has 0 spiro atoms. The van der Waals surface area contributed by atoms with E-state index in [1.54, 1.807) is 51.8 Å². The van der Waals surface area contributed by atoms with Crippen molar-refractivity contribution < 1.29 is 33.7 Å². The summed E-state index contributed by atoms with van der Waals surface area (Å²) in [5, 5.41) is 18.0. The number of aliphatic hydroxyl groups excluding tert-OH is 1.